The zero-order chi connectivity index (χ0) is 19.7. The molecule has 2 aromatic carbocycles. The van der Waals surface area contributed by atoms with Crippen LogP contribution in [0.5, 0.6) is 0 Å². The SMILES string of the molecule is CC([C@H]1CI(c2ccc(-c3ccc(C=O)cc3)c(F)c2)C(=O)O1)n1cncn1. The molecule has 144 valence electrons. The van der Waals surface area contributed by atoms with Gasteiger partial charge in [0, 0.05) is 0 Å². The van der Waals surface area contributed by atoms with Crippen molar-refractivity contribution in [2.75, 3.05) is 4.43 Å². The first-order valence-electron chi connectivity index (χ1n) is 8.62. The monoisotopic (exact) mass is 493 g/mol. The summed E-state index contributed by atoms with van der Waals surface area (Å²) in [6.45, 7) is 1.93. The molecule has 4 rings (SSSR count). The molecule has 1 aliphatic rings. The topological polar surface area (TPSA) is 74.1 Å². The summed E-state index contributed by atoms with van der Waals surface area (Å²) in [4.78, 5) is 27.1. The van der Waals surface area contributed by atoms with Gasteiger partial charge in [-0.15, -0.1) is 0 Å². The number of halogens is 2. The third-order valence-electron chi connectivity index (χ3n) is 4.68. The van der Waals surface area contributed by atoms with E-state index in [0.29, 0.717) is 21.1 Å². The van der Waals surface area contributed by atoms with E-state index < -0.39 is 19.8 Å². The number of benzene rings is 2. The van der Waals surface area contributed by atoms with Gasteiger partial charge >= 0.3 is 168 Å². The average molecular weight is 493 g/mol. The molecule has 2 atom stereocenters. The number of hydrogen-bond donors (Lipinski definition) is 0. The second kappa shape index (κ2) is 7.78. The van der Waals surface area contributed by atoms with Gasteiger partial charge in [-0.3, -0.25) is 0 Å². The normalized spacial score (nSPS) is 18.7. The fourth-order valence-corrected chi connectivity index (χ4v) is 8.09. The predicted octanol–water partition coefficient (Wildman–Crippen LogP) is 4.35. The number of aldehydes is 1. The zero-order valence-electron chi connectivity index (χ0n) is 15.0. The first kappa shape index (κ1) is 18.7. The maximum absolute atomic E-state index is 14.8. The van der Waals surface area contributed by atoms with Crippen LogP contribution in [0.2, 0.25) is 0 Å². The third-order valence-corrected chi connectivity index (χ3v) is 9.92. The van der Waals surface area contributed by atoms with Crippen molar-refractivity contribution in [3.63, 3.8) is 0 Å². The van der Waals surface area contributed by atoms with Crippen LogP contribution in [0.15, 0.2) is 55.1 Å². The summed E-state index contributed by atoms with van der Waals surface area (Å²) in [7, 11) is 0. The molecule has 2 heterocycles. The Bertz CT molecular complexity index is 1010. The zero-order valence-corrected chi connectivity index (χ0v) is 17.1. The number of cyclic esters (lactones) is 1. The summed E-state index contributed by atoms with van der Waals surface area (Å²) >= 11 is -2.32. The van der Waals surface area contributed by atoms with Gasteiger partial charge in [0.1, 0.15) is 0 Å². The van der Waals surface area contributed by atoms with Crippen LogP contribution in [0.1, 0.15) is 23.3 Å². The first-order valence-corrected chi connectivity index (χ1v) is 12.3. The average Bonchev–Trinajstić information content (AvgIpc) is 3.37. The van der Waals surface area contributed by atoms with E-state index >= 15 is 0 Å². The molecule has 0 saturated carbocycles. The van der Waals surface area contributed by atoms with Gasteiger partial charge < -0.3 is 0 Å². The van der Waals surface area contributed by atoms with Gasteiger partial charge in [0.2, 0.25) is 0 Å². The molecule has 3 aromatic rings. The molecule has 0 amide bonds. The Morgan fingerprint density at radius 3 is 2.71 bits per heavy atom. The molecule has 1 aliphatic heterocycles. The number of nitrogens with zero attached hydrogens (tertiary/aromatic N) is 3. The molecule has 1 saturated heterocycles. The van der Waals surface area contributed by atoms with E-state index in [9.17, 15) is 14.0 Å². The number of carbonyl (C=O) groups is 2. The van der Waals surface area contributed by atoms with Gasteiger partial charge in [-0.2, -0.15) is 0 Å². The van der Waals surface area contributed by atoms with Gasteiger partial charge in [-0.1, -0.05) is 0 Å². The van der Waals surface area contributed by atoms with Crippen molar-refractivity contribution in [3.05, 3.63) is 70.1 Å². The molecular formula is C20H17FIN3O3. The Hall–Kier alpha value is -2.62. The summed E-state index contributed by atoms with van der Waals surface area (Å²) in [5.74, 6) is -0.380. The summed E-state index contributed by atoms with van der Waals surface area (Å²) < 4.78 is 23.2. The molecule has 0 aliphatic carbocycles. The van der Waals surface area contributed by atoms with Crippen molar-refractivity contribution in [1.82, 2.24) is 14.8 Å². The van der Waals surface area contributed by atoms with Crippen LogP contribution in [0, 0.1) is 9.39 Å². The Morgan fingerprint density at radius 2 is 2.07 bits per heavy atom. The summed E-state index contributed by atoms with van der Waals surface area (Å²) in [6.07, 6.45) is 3.51. The summed E-state index contributed by atoms with van der Waals surface area (Å²) in [5, 5.41) is 4.11. The van der Waals surface area contributed by atoms with Crippen molar-refractivity contribution in [2.24, 2.45) is 0 Å². The van der Waals surface area contributed by atoms with Crippen LogP contribution in [0.3, 0.4) is 0 Å². The molecule has 0 bridgehead atoms. The fourth-order valence-electron chi connectivity index (χ4n) is 3.03. The van der Waals surface area contributed by atoms with Crippen LogP contribution in [0.25, 0.3) is 11.1 Å². The number of ether oxygens (including phenoxy) is 1. The second-order valence-electron chi connectivity index (χ2n) is 6.39. The number of alkyl halides is 1. The molecule has 8 heteroatoms. The van der Waals surface area contributed by atoms with Crippen LogP contribution >= 0.6 is 19.8 Å². The van der Waals surface area contributed by atoms with E-state index in [1.165, 1.54) is 12.4 Å². The Kier molecular flexibility index (Phi) is 5.21. The molecule has 0 radical (unpaired) electrons. The van der Waals surface area contributed by atoms with Gasteiger partial charge in [-0.25, -0.2) is 0 Å². The third kappa shape index (κ3) is 3.56. The quantitative estimate of drug-likeness (QED) is 0.229. The summed E-state index contributed by atoms with van der Waals surface area (Å²) in [5.41, 5.74) is 1.66. The number of rotatable bonds is 5. The molecule has 0 N–H and O–H groups in total. The Labute approximate surface area is 168 Å². The van der Waals surface area contributed by atoms with E-state index in [1.54, 1.807) is 41.3 Å². The number of aromatic nitrogens is 3. The molecule has 1 unspecified atom stereocenters. The van der Waals surface area contributed by atoms with E-state index in [-0.39, 0.29) is 21.9 Å². The predicted molar refractivity (Wildman–Crippen MR) is 110 cm³/mol. The molecule has 6 nitrogen and oxygen atoms in total. The second-order valence-corrected chi connectivity index (χ2v) is 11.5. The van der Waals surface area contributed by atoms with Crippen molar-refractivity contribution in [3.8, 4) is 11.1 Å². The van der Waals surface area contributed by atoms with Crippen LogP contribution in [-0.2, 0) is 4.74 Å². The van der Waals surface area contributed by atoms with E-state index in [2.05, 4.69) is 10.1 Å². The maximum atomic E-state index is 14.8. The molecule has 1 aromatic heterocycles. The van der Waals surface area contributed by atoms with E-state index in [4.69, 9.17) is 4.74 Å². The number of carbonyl (C=O) groups excluding carboxylic acids is 2. The Balaban J connectivity index is 1.55. The minimum atomic E-state index is -2.32. The standard InChI is InChI=1S/C20H17FIN3O3/c1-13(25-12-23-11-24-25)19-9-22(20(27)28-19)16-6-7-17(18(21)8-16)15-4-2-14(10-26)3-5-15/h2-8,10-13,19H,9H2,1H3/t13?,19-/m1/s1. The van der Waals surface area contributed by atoms with Crippen molar-refractivity contribution in [2.45, 2.75) is 19.1 Å². The van der Waals surface area contributed by atoms with Gasteiger partial charge in [-0.05, 0) is 0 Å². The molecular weight excluding hydrogens is 476 g/mol. The van der Waals surface area contributed by atoms with Gasteiger partial charge in [0.25, 0.3) is 0 Å². The van der Waals surface area contributed by atoms with E-state index in [1.807, 2.05) is 13.0 Å². The molecule has 28 heavy (non-hydrogen) atoms. The number of hydrogen-bond acceptors (Lipinski definition) is 5. The van der Waals surface area contributed by atoms with Crippen molar-refractivity contribution in [1.29, 1.82) is 0 Å². The van der Waals surface area contributed by atoms with Gasteiger partial charge in [0.15, 0.2) is 0 Å². The van der Waals surface area contributed by atoms with Crippen LogP contribution in [0.4, 0.5) is 9.18 Å². The van der Waals surface area contributed by atoms with Crippen LogP contribution in [-0.4, -0.2) is 35.6 Å². The Morgan fingerprint density at radius 1 is 1.29 bits per heavy atom. The molecule has 1 fully saturated rings. The van der Waals surface area contributed by atoms with Crippen molar-refractivity contribution >= 4 is 30.1 Å². The first-order chi connectivity index (χ1) is 13.6. The summed E-state index contributed by atoms with van der Waals surface area (Å²) in [6, 6.07) is 11.6. The fraction of sp³-hybridized carbons (Fsp3) is 0.200. The molecule has 0 spiro atoms. The van der Waals surface area contributed by atoms with Crippen molar-refractivity contribution < 1.29 is 18.7 Å². The van der Waals surface area contributed by atoms with E-state index in [0.717, 1.165) is 9.86 Å². The van der Waals surface area contributed by atoms with Crippen LogP contribution < -0.4 is 0 Å². The van der Waals surface area contributed by atoms with Gasteiger partial charge in [0.05, 0.1) is 0 Å². The minimum absolute atomic E-state index is 0.116.